The molecule has 14 heavy (non-hydrogen) atoms. The quantitative estimate of drug-likeness (QED) is 0.323. The van der Waals surface area contributed by atoms with Crippen LogP contribution in [0.4, 0.5) is 17.8 Å². The molecule has 0 unspecified atom stereocenters. The van der Waals surface area contributed by atoms with Crippen LogP contribution >= 0.6 is 0 Å². The molecule has 0 amide bonds. The van der Waals surface area contributed by atoms with Crippen molar-refractivity contribution in [2.75, 3.05) is 23.1 Å². The van der Waals surface area contributed by atoms with E-state index in [9.17, 15) is 0 Å². The predicted octanol–water partition coefficient (Wildman–Crippen LogP) is -2.94. The normalized spacial score (nSPS) is 10.6. The number of nitrogen functional groups attached to an aromatic ring is 2. The zero-order chi connectivity index (χ0) is 10.7. The lowest BCUT2D eigenvalue weighted by Crippen LogP contribution is -2.37. The molecule has 0 saturated heterocycles. The molecule has 1 heterocycles. The molecule has 0 aromatic carbocycles. The lowest BCUT2D eigenvalue weighted by Gasteiger charge is -2.21. The van der Waals surface area contributed by atoms with Gasteiger partial charge in [0, 0.05) is 0 Å². The highest BCUT2D eigenvalue weighted by Gasteiger charge is 2.16. The van der Waals surface area contributed by atoms with Gasteiger partial charge in [0.05, 0.1) is 0 Å². The molecule has 0 atom stereocenters. The van der Waals surface area contributed by atoms with Gasteiger partial charge in [0.15, 0.2) is 0 Å². The van der Waals surface area contributed by atoms with E-state index < -0.39 is 13.1 Å². The minimum Gasteiger partial charge on any atom is -0.376 e. The first-order valence-electron chi connectivity index (χ1n) is 3.55. The van der Waals surface area contributed by atoms with Crippen LogP contribution in [0.3, 0.4) is 0 Å². The molecule has 0 bridgehead atoms. The lowest BCUT2D eigenvalue weighted by atomic mass is 10.7. The summed E-state index contributed by atoms with van der Waals surface area (Å²) < 4.78 is 0. The van der Waals surface area contributed by atoms with Crippen molar-refractivity contribution in [2.45, 2.75) is 6.41 Å². The maximum atomic E-state index is 8.79. The zero-order valence-corrected chi connectivity index (χ0v) is 7.07. The van der Waals surface area contributed by atoms with E-state index >= 15 is 0 Å². The van der Waals surface area contributed by atoms with Gasteiger partial charge in [-0.25, -0.2) is 0 Å². The summed E-state index contributed by atoms with van der Waals surface area (Å²) in [5.74, 6) is -0.564. The van der Waals surface area contributed by atoms with E-state index in [2.05, 4.69) is 15.0 Å². The maximum absolute atomic E-state index is 8.79. The fourth-order valence-corrected chi connectivity index (χ4v) is 0.765. The van der Waals surface area contributed by atoms with E-state index in [4.69, 9.17) is 26.8 Å². The summed E-state index contributed by atoms with van der Waals surface area (Å²) in [5, 5.41) is 26.3. The van der Waals surface area contributed by atoms with E-state index in [1.165, 1.54) is 0 Å². The van der Waals surface area contributed by atoms with Crippen LogP contribution in [0.25, 0.3) is 0 Å². The smallest absolute Gasteiger partial charge is 0.239 e. The number of nitrogens with zero attached hydrogens (tertiary/aromatic N) is 4. The third-order valence-corrected chi connectivity index (χ3v) is 1.35. The van der Waals surface area contributed by atoms with Crippen molar-refractivity contribution >= 4 is 17.8 Å². The van der Waals surface area contributed by atoms with Crippen molar-refractivity contribution in [3.63, 3.8) is 0 Å². The highest BCUT2D eigenvalue weighted by molar-refractivity contribution is 5.39. The molecular weight excluding hydrogens is 192 g/mol. The molecule has 9 nitrogen and oxygen atoms in total. The molecule has 0 radical (unpaired) electrons. The summed E-state index contributed by atoms with van der Waals surface area (Å²) in [6.45, 7) is -0.694. The first kappa shape index (κ1) is 10.4. The number of hydrogen-bond acceptors (Lipinski definition) is 9. The molecule has 9 heteroatoms. The fourth-order valence-electron chi connectivity index (χ4n) is 0.765. The Kier molecular flexibility index (Phi) is 2.96. The van der Waals surface area contributed by atoms with Crippen LogP contribution in [0.5, 0.6) is 0 Å². The minimum atomic E-state index is -1.94. The van der Waals surface area contributed by atoms with Crippen LogP contribution in [0.2, 0.25) is 0 Å². The average molecular weight is 202 g/mol. The Balaban J connectivity index is 3.04. The molecule has 0 fully saturated rings. The fraction of sp³-hybridized carbons (Fsp3) is 0.400. The van der Waals surface area contributed by atoms with Gasteiger partial charge in [-0.3, -0.25) is 4.90 Å². The molecule has 1 aromatic rings. The van der Waals surface area contributed by atoms with Crippen molar-refractivity contribution in [3.05, 3.63) is 0 Å². The molecule has 0 saturated carbocycles. The molecule has 1 rings (SSSR count). The summed E-state index contributed by atoms with van der Waals surface area (Å²) in [4.78, 5) is 11.2. The molecule has 1 aromatic heterocycles. The zero-order valence-electron chi connectivity index (χ0n) is 7.07. The van der Waals surface area contributed by atoms with E-state index in [1.54, 1.807) is 0 Å². The third-order valence-electron chi connectivity index (χ3n) is 1.35. The number of aliphatic hydroxyl groups is 3. The van der Waals surface area contributed by atoms with Gasteiger partial charge in [-0.05, 0) is 0 Å². The summed E-state index contributed by atoms with van der Waals surface area (Å²) in [5.41, 5.74) is 10.5. The summed E-state index contributed by atoms with van der Waals surface area (Å²) in [7, 11) is 0. The van der Waals surface area contributed by atoms with Gasteiger partial charge in [0.25, 0.3) is 0 Å². The van der Waals surface area contributed by atoms with Crippen molar-refractivity contribution < 1.29 is 15.3 Å². The molecule has 0 aliphatic carbocycles. The summed E-state index contributed by atoms with van der Waals surface area (Å²) in [6.07, 6.45) is -1.94. The van der Waals surface area contributed by atoms with Crippen LogP contribution in [-0.2, 0) is 0 Å². The SMILES string of the molecule is Nc1nc(N)nc(N(CO)C(O)O)n1. The molecular formula is C5H10N6O3. The van der Waals surface area contributed by atoms with E-state index in [1.807, 2.05) is 0 Å². The second-order valence-corrected chi connectivity index (χ2v) is 2.31. The van der Waals surface area contributed by atoms with Crippen LogP contribution in [-0.4, -0.2) is 43.4 Å². The van der Waals surface area contributed by atoms with Gasteiger partial charge in [-0.15, -0.1) is 0 Å². The van der Waals surface area contributed by atoms with Crippen molar-refractivity contribution in [2.24, 2.45) is 0 Å². The Morgan fingerprint density at radius 2 is 1.64 bits per heavy atom. The number of aliphatic hydroxyl groups excluding tert-OH is 2. The standard InChI is InChI=1S/C5H10N6O3/c6-2-8-3(7)10-4(9-2)11(1-12)5(13)14/h5,12-14H,1H2,(H4,6,7,8,9,10). The molecule has 0 aliphatic heterocycles. The van der Waals surface area contributed by atoms with E-state index in [0.29, 0.717) is 4.90 Å². The minimum absolute atomic E-state index is 0.174. The second kappa shape index (κ2) is 4.00. The van der Waals surface area contributed by atoms with Crippen LogP contribution in [0, 0.1) is 0 Å². The second-order valence-electron chi connectivity index (χ2n) is 2.31. The van der Waals surface area contributed by atoms with Gasteiger partial charge in [0.2, 0.25) is 24.3 Å². The lowest BCUT2D eigenvalue weighted by molar-refractivity contribution is -0.0520. The number of hydrogen-bond donors (Lipinski definition) is 5. The Bertz CT molecular complexity index is 298. The summed E-state index contributed by atoms with van der Waals surface area (Å²) >= 11 is 0. The van der Waals surface area contributed by atoms with Crippen LogP contribution in [0.1, 0.15) is 0 Å². The van der Waals surface area contributed by atoms with Gasteiger partial charge < -0.3 is 26.8 Å². The Morgan fingerprint density at radius 3 is 2.00 bits per heavy atom. The number of anilines is 3. The number of rotatable bonds is 3. The Hall–Kier alpha value is -1.71. The van der Waals surface area contributed by atoms with Gasteiger partial charge >= 0.3 is 0 Å². The highest BCUT2D eigenvalue weighted by Crippen LogP contribution is 2.10. The monoisotopic (exact) mass is 202 g/mol. The van der Waals surface area contributed by atoms with Crippen molar-refractivity contribution in [1.29, 1.82) is 0 Å². The first-order chi connectivity index (χ1) is 6.54. The summed E-state index contributed by atoms with van der Waals surface area (Å²) in [6, 6.07) is 0. The topological polar surface area (TPSA) is 155 Å². The maximum Gasteiger partial charge on any atom is 0.239 e. The average Bonchev–Trinajstić information content (AvgIpc) is 2.02. The molecule has 78 valence electrons. The van der Waals surface area contributed by atoms with E-state index in [-0.39, 0.29) is 17.8 Å². The highest BCUT2D eigenvalue weighted by atomic mass is 16.5. The first-order valence-corrected chi connectivity index (χ1v) is 3.55. The van der Waals surface area contributed by atoms with Crippen molar-refractivity contribution in [1.82, 2.24) is 15.0 Å². The molecule has 0 spiro atoms. The third kappa shape index (κ3) is 2.16. The van der Waals surface area contributed by atoms with Crippen LogP contribution < -0.4 is 16.4 Å². The predicted molar refractivity (Wildman–Crippen MR) is 46.4 cm³/mol. The number of aromatic nitrogens is 3. The van der Waals surface area contributed by atoms with Gasteiger partial charge in [-0.2, -0.15) is 15.0 Å². The molecule has 7 N–H and O–H groups in total. The van der Waals surface area contributed by atoms with Gasteiger partial charge in [0.1, 0.15) is 6.73 Å². The Morgan fingerprint density at radius 1 is 1.14 bits per heavy atom. The largest absolute Gasteiger partial charge is 0.376 e. The van der Waals surface area contributed by atoms with Gasteiger partial charge in [-0.1, -0.05) is 0 Å². The van der Waals surface area contributed by atoms with Crippen LogP contribution in [0.15, 0.2) is 0 Å². The Labute approximate surface area is 78.6 Å². The van der Waals surface area contributed by atoms with E-state index in [0.717, 1.165) is 0 Å². The van der Waals surface area contributed by atoms with Crippen molar-refractivity contribution in [3.8, 4) is 0 Å². The number of nitrogens with two attached hydrogens (primary N) is 2. The molecule has 0 aliphatic rings.